The molecule has 0 saturated carbocycles. The summed E-state index contributed by atoms with van der Waals surface area (Å²) >= 11 is 0. The SMILES string of the molecule is c1cc(-c2cccc3ccccc23)cc(N(c2ccc(-c3cccc4c3oc3ccccc34)cc2)c2ccccc2-c2ccccc2-n2c3ccccc3c3ccccc32)c1. The van der Waals surface area contributed by atoms with Crippen molar-refractivity contribution in [1.29, 1.82) is 0 Å². The maximum atomic E-state index is 6.49. The molecule has 12 aromatic rings. The second-order valence-corrected chi connectivity index (χ2v) is 15.6. The molecule has 0 atom stereocenters. The highest BCUT2D eigenvalue weighted by molar-refractivity contribution is 6.11. The molecule has 0 saturated heterocycles. The van der Waals surface area contributed by atoms with Gasteiger partial charge in [0.15, 0.2) is 0 Å². The Labute approximate surface area is 353 Å². The molecule has 0 unspecified atom stereocenters. The molecule has 3 nitrogen and oxygen atoms in total. The molecule has 61 heavy (non-hydrogen) atoms. The molecule has 3 heteroatoms. The second kappa shape index (κ2) is 14.3. The third-order valence-corrected chi connectivity index (χ3v) is 12.2. The summed E-state index contributed by atoms with van der Waals surface area (Å²) in [6, 6.07) is 83.0. The minimum Gasteiger partial charge on any atom is -0.455 e. The van der Waals surface area contributed by atoms with E-state index in [0.717, 1.165) is 72.5 Å². The number of aromatic nitrogens is 1. The molecule has 2 heterocycles. The van der Waals surface area contributed by atoms with E-state index in [4.69, 9.17) is 4.42 Å². The zero-order valence-corrected chi connectivity index (χ0v) is 33.2. The van der Waals surface area contributed by atoms with Gasteiger partial charge in [-0.2, -0.15) is 0 Å². The van der Waals surface area contributed by atoms with E-state index >= 15 is 0 Å². The number of benzene rings is 10. The summed E-state index contributed by atoms with van der Waals surface area (Å²) in [7, 11) is 0. The zero-order chi connectivity index (χ0) is 40.3. The minimum absolute atomic E-state index is 0.900. The van der Waals surface area contributed by atoms with Gasteiger partial charge in [-0.1, -0.05) is 176 Å². The Balaban J connectivity index is 1.06. The lowest BCUT2D eigenvalue weighted by Gasteiger charge is -2.29. The average molecular weight is 779 g/mol. The first-order valence-corrected chi connectivity index (χ1v) is 20.8. The van der Waals surface area contributed by atoms with Gasteiger partial charge >= 0.3 is 0 Å². The van der Waals surface area contributed by atoms with E-state index < -0.39 is 0 Å². The molecule has 10 aromatic carbocycles. The number of para-hydroxylation sites is 6. The Morgan fingerprint density at radius 2 is 0.918 bits per heavy atom. The van der Waals surface area contributed by atoms with Crippen molar-refractivity contribution in [2.24, 2.45) is 0 Å². The van der Waals surface area contributed by atoms with Crippen LogP contribution in [-0.2, 0) is 0 Å². The molecule has 0 fully saturated rings. The van der Waals surface area contributed by atoms with Gasteiger partial charge in [-0.15, -0.1) is 0 Å². The molecule has 286 valence electrons. The van der Waals surface area contributed by atoms with Crippen molar-refractivity contribution < 1.29 is 4.42 Å². The zero-order valence-electron chi connectivity index (χ0n) is 33.2. The fourth-order valence-electron chi connectivity index (χ4n) is 9.46. The van der Waals surface area contributed by atoms with E-state index in [9.17, 15) is 0 Å². The molecular weight excluding hydrogens is 741 g/mol. The quantitative estimate of drug-likeness (QED) is 0.161. The summed E-state index contributed by atoms with van der Waals surface area (Å²) in [5, 5.41) is 7.20. The van der Waals surface area contributed by atoms with Crippen LogP contribution in [0.2, 0.25) is 0 Å². The van der Waals surface area contributed by atoms with E-state index in [1.807, 2.05) is 12.1 Å². The van der Waals surface area contributed by atoms with Crippen LogP contribution >= 0.6 is 0 Å². The fraction of sp³-hybridized carbons (Fsp3) is 0. The number of nitrogens with zero attached hydrogens (tertiary/aromatic N) is 2. The molecule has 0 aliphatic rings. The van der Waals surface area contributed by atoms with Crippen LogP contribution in [-0.4, -0.2) is 4.57 Å². The third-order valence-electron chi connectivity index (χ3n) is 12.2. The van der Waals surface area contributed by atoms with Crippen LogP contribution in [0.15, 0.2) is 235 Å². The first kappa shape index (κ1) is 34.9. The number of hydrogen-bond donors (Lipinski definition) is 0. The lowest BCUT2D eigenvalue weighted by atomic mass is 9.96. The van der Waals surface area contributed by atoms with Gasteiger partial charge in [-0.3, -0.25) is 0 Å². The number of rotatable bonds is 7. The maximum Gasteiger partial charge on any atom is 0.143 e. The molecule has 0 aliphatic heterocycles. The standard InChI is InChI=1S/C58H38N2O/c1-2-20-44-39(16-1)17-14-26-45(44)41-18-13-19-43(38-41)59(42-36-34-40(35-37-42)46-27-15-28-52-51-25-7-12-33-57(51)61-58(46)52)53-29-8-3-21-47(53)48-22-4-9-30-54(48)60-55-31-10-5-23-49(55)50-24-6-11-32-56(50)60/h1-38H. The number of fused-ring (bicyclic) bond motifs is 7. The average Bonchev–Trinajstić information content (AvgIpc) is 3.88. The summed E-state index contributed by atoms with van der Waals surface area (Å²) < 4.78 is 8.91. The molecule has 0 aliphatic carbocycles. The topological polar surface area (TPSA) is 21.3 Å². The van der Waals surface area contributed by atoms with Crippen LogP contribution < -0.4 is 4.90 Å². The van der Waals surface area contributed by atoms with Gasteiger partial charge < -0.3 is 13.9 Å². The van der Waals surface area contributed by atoms with Crippen molar-refractivity contribution >= 4 is 71.6 Å². The summed E-state index contributed by atoms with van der Waals surface area (Å²) in [5.74, 6) is 0. The normalized spacial score (nSPS) is 11.6. The number of hydrogen-bond acceptors (Lipinski definition) is 2. The van der Waals surface area contributed by atoms with Crippen molar-refractivity contribution in [3.05, 3.63) is 231 Å². The van der Waals surface area contributed by atoms with Crippen LogP contribution in [0.3, 0.4) is 0 Å². The predicted molar refractivity (Wildman–Crippen MR) is 257 cm³/mol. The predicted octanol–water partition coefficient (Wildman–Crippen LogP) is 16.3. The first-order valence-electron chi connectivity index (χ1n) is 20.8. The van der Waals surface area contributed by atoms with Crippen molar-refractivity contribution in [3.63, 3.8) is 0 Å². The Hall–Kier alpha value is -8.14. The maximum absolute atomic E-state index is 6.49. The van der Waals surface area contributed by atoms with Crippen molar-refractivity contribution in [3.8, 4) is 39.1 Å². The van der Waals surface area contributed by atoms with E-state index in [1.165, 1.54) is 38.1 Å². The van der Waals surface area contributed by atoms with Crippen molar-refractivity contribution in [1.82, 2.24) is 4.57 Å². The summed E-state index contributed by atoms with van der Waals surface area (Å²) in [6.45, 7) is 0. The largest absolute Gasteiger partial charge is 0.455 e. The van der Waals surface area contributed by atoms with E-state index in [0.29, 0.717) is 0 Å². The molecule has 0 amide bonds. The van der Waals surface area contributed by atoms with Gasteiger partial charge in [-0.25, -0.2) is 0 Å². The highest BCUT2D eigenvalue weighted by Crippen LogP contribution is 2.46. The van der Waals surface area contributed by atoms with Crippen LogP contribution in [0.25, 0.3) is 93.6 Å². The van der Waals surface area contributed by atoms with E-state index in [1.54, 1.807) is 0 Å². The molecule has 0 radical (unpaired) electrons. The molecule has 0 bridgehead atoms. The summed E-state index contributed by atoms with van der Waals surface area (Å²) in [4.78, 5) is 2.41. The van der Waals surface area contributed by atoms with Crippen LogP contribution in [0.5, 0.6) is 0 Å². The van der Waals surface area contributed by atoms with Crippen LogP contribution in [0, 0.1) is 0 Å². The van der Waals surface area contributed by atoms with E-state index in [-0.39, 0.29) is 0 Å². The Kier molecular flexibility index (Phi) is 8.17. The van der Waals surface area contributed by atoms with Gasteiger partial charge in [0, 0.05) is 49.6 Å². The number of anilines is 3. The molecule has 0 N–H and O–H groups in total. The summed E-state index contributed by atoms with van der Waals surface area (Å²) in [5.41, 5.74) is 15.3. The van der Waals surface area contributed by atoms with Crippen LogP contribution in [0.4, 0.5) is 17.1 Å². The first-order chi connectivity index (χ1) is 30.3. The van der Waals surface area contributed by atoms with Gasteiger partial charge in [0.2, 0.25) is 0 Å². The van der Waals surface area contributed by atoms with Crippen LogP contribution in [0.1, 0.15) is 0 Å². The highest BCUT2D eigenvalue weighted by atomic mass is 16.3. The second-order valence-electron chi connectivity index (χ2n) is 15.6. The van der Waals surface area contributed by atoms with Gasteiger partial charge in [0.05, 0.1) is 22.4 Å². The third kappa shape index (κ3) is 5.74. The smallest absolute Gasteiger partial charge is 0.143 e. The Bertz CT molecular complexity index is 3550. The molecule has 2 aromatic heterocycles. The van der Waals surface area contributed by atoms with Crippen molar-refractivity contribution in [2.45, 2.75) is 0 Å². The van der Waals surface area contributed by atoms with Gasteiger partial charge in [0.1, 0.15) is 11.2 Å². The molecule has 0 spiro atoms. The Morgan fingerprint density at radius 1 is 0.344 bits per heavy atom. The van der Waals surface area contributed by atoms with E-state index in [2.05, 4.69) is 228 Å². The highest BCUT2D eigenvalue weighted by Gasteiger charge is 2.22. The Morgan fingerprint density at radius 3 is 1.74 bits per heavy atom. The molecular formula is C58H38N2O. The lowest BCUT2D eigenvalue weighted by molar-refractivity contribution is 0.670. The van der Waals surface area contributed by atoms with Crippen molar-refractivity contribution in [2.75, 3.05) is 4.90 Å². The fourth-order valence-corrected chi connectivity index (χ4v) is 9.46. The summed E-state index contributed by atoms with van der Waals surface area (Å²) in [6.07, 6.45) is 0. The van der Waals surface area contributed by atoms with Gasteiger partial charge in [-0.05, 0) is 82.1 Å². The van der Waals surface area contributed by atoms with Gasteiger partial charge in [0.25, 0.3) is 0 Å². The minimum atomic E-state index is 0.900. The number of furan rings is 1. The monoisotopic (exact) mass is 778 g/mol. The molecule has 12 rings (SSSR count). The lowest BCUT2D eigenvalue weighted by Crippen LogP contribution is -2.12.